The van der Waals surface area contributed by atoms with Gasteiger partial charge in [-0.2, -0.15) is 0 Å². The Balaban J connectivity index is 1.99. The van der Waals surface area contributed by atoms with E-state index >= 15 is 0 Å². The largest absolute Gasteiger partial charge is 0.506 e. The van der Waals surface area contributed by atoms with Gasteiger partial charge in [0.1, 0.15) is 17.5 Å². The monoisotopic (exact) mass is 620 g/mol. The highest BCUT2D eigenvalue weighted by Crippen LogP contribution is 2.36. The summed E-state index contributed by atoms with van der Waals surface area (Å²) in [7, 11) is 0. The number of hydrogen-bond acceptors (Lipinski definition) is 7. The minimum Gasteiger partial charge on any atom is -0.506 e. The van der Waals surface area contributed by atoms with Crippen LogP contribution in [0.2, 0.25) is 0 Å². The molecule has 2 aromatic carbocycles. The average molecular weight is 622 g/mol. The molecule has 1 aliphatic rings. The second-order valence-electron chi connectivity index (χ2n) is 7.61. The number of carbonyl (C=O) groups excluding carboxylic acids is 1. The van der Waals surface area contributed by atoms with E-state index in [4.69, 9.17) is 9.47 Å². The van der Waals surface area contributed by atoms with Crippen LogP contribution in [0, 0.1) is 0 Å². The van der Waals surface area contributed by atoms with Gasteiger partial charge in [-0.1, -0.05) is 29.5 Å². The molecule has 10 heteroatoms. The van der Waals surface area contributed by atoms with Crippen LogP contribution in [0.3, 0.4) is 0 Å². The van der Waals surface area contributed by atoms with Crippen molar-refractivity contribution in [3.8, 4) is 11.5 Å². The number of benzene rings is 2. The van der Waals surface area contributed by atoms with Crippen LogP contribution in [-0.2, 0) is 9.53 Å². The summed E-state index contributed by atoms with van der Waals surface area (Å²) in [4.78, 5) is 31.9. The van der Waals surface area contributed by atoms with Crippen molar-refractivity contribution in [2.75, 3.05) is 13.2 Å². The number of aromatic nitrogens is 1. The predicted molar refractivity (Wildman–Crippen MR) is 142 cm³/mol. The number of phenols is 1. The summed E-state index contributed by atoms with van der Waals surface area (Å²) in [6, 6.07) is 10.0. The summed E-state index contributed by atoms with van der Waals surface area (Å²) in [6.07, 6.45) is 1.73. The molecule has 3 aromatic rings. The van der Waals surface area contributed by atoms with Gasteiger partial charge in [0.25, 0.3) is 5.56 Å². The van der Waals surface area contributed by atoms with Crippen molar-refractivity contribution in [3.05, 3.63) is 87.4 Å². The molecule has 1 N–H and O–H groups in total. The van der Waals surface area contributed by atoms with Crippen LogP contribution in [-0.4, -0.2) is 28.9 Å². The summed E-state index contributed by atoms with van der Waals surface area (Å²) < 4.78 is 14.1. The molecule has 182 valence electrons. The van der Waals surface area contributed by atoms with E-state index in [-0.39, 0.29) is 17.9 Å². The molecular formula is C25H22Br2N2O5S. The number of hydrogen-bond donors (Lipinski definition) is 1. The average Bonchev–Trinajstić information content (AvgIpc) is 3.11. The quantitative estimate of drug-likeness (QED) is 0.412. The zero-order chi connectivity index (χ0) is 25.3. The molecule has 0 bridgehead atoms. The number of aromatic hydroxyl groups is 1. The predicted octanol–water partition coefficient (Wildman–Crippen LogP) is 4.43. The first kappa shape index (κ1) is 25.4. The second-order valence-corrected chi connectivity index (χ2v) is 10.3. The van der Waals surface area contributed by atoms with Crippen LogP contribution in [0.25, 0.3) is 6.08 Å². The fourth-order valence-electron chi connectivity index (χ4n) is 3.90. The number of para-hydroxylation sites is 1. The number of halogens is 2. The van der Waals surface area contributed by atoms with E-state index in [9.17, 15) is 14.7 Å². The number of fused-ring (bicyclic) bond motifs is 1. The minimum absolute atomic E-state index is 0.0749. The van der Waals surface area contributed by atoms with E-state index in [1.54, 1.807) is 32.1 Å². The Bertz CT molecular complexity index is 1500. The third-order valence-electron chi connectivity index (χ3n) is 5.37. The van der Waals surface area contributed by atoms with Gasteiger partial charge in [-0.05, 0) is 82.5 Å². The minimum atomic E-state index is -0.756. The van der Waals surface area contributed by atoms with Gasteiger partial charge >= 0.3 is 5.97 Å². The van der Waals surface area contributed by atoms with Crippen LogP contribution >= 0.6 is 43.2 Å². The fourth-order valence-corrected chi connectivity index (χ4v) is 6.17. The highest BCUT2D eigenvalue weighted by Gasteiger charge is 2.35. The highest BCUT2D eigenvalue weighted by atomic mass is 79.9. The van der Waals surface area contributed by atoms with Gasteiger partial charge in [0.2, 0.25) is 0 Å². The molecule has 0 unspecified atom stereocenters. The van der Waals surface area contributed by atoms with E-state index < -0.39 is 12.0 Å². The molecule has 0 amide bonds. The van der Waals surface area contributed by atoms with Crippen LogP contribution in [0.1, 0.15) is 37.9 Å². The molecule has 7 nitrogen and oxygen atoms in total. The molecule has 1 aliphatic heterocycles. The van der Waals surface area contributed by atoms with Gasteiger partial charge in [0.15, 0.2) is 4.80 Å². The number of phenolic OH excluding ortho intramolecular Hbond substituents is 1. The van der Waals surface area contributed by atoms with E-state index in [1.165, 1.54) is 15.9 Å². The van der Waals surface area contributed by atoms with Crippen molar-refractivity contribution in [2.24, 2.45) is 4.99 Å². The van der Waals surface area contributed by atoms with Crippen LogP contribution in [0.5, 0.6) is 11.5 Å². The molecule has 4 rings (SSSR count). The lowest BCUT2D eigenvalue weighted by Gasteiger charge is -2.26. The van der Waals surface area contributed by atoms with Gasteiger partial charge < -0.3 is 14.6 Å². The second kappa shape index (κ2) is 10.5. The number of rotatable bonds is 6. The topological polar surface area (TPSA) is 90.1 Å². The van der Waals surface area contributed by atoms with Crippen molar-refractivity contribution >= 4 is 55.2 Å². The zero-order valence-corrected chi connectivity index (χ0v) is 23.2. The maximum atomic E-state index is 13.7. The van der Waals surface area contributed by atoms with Gasteiger partial charge in [-0.25, -0.2) is 9.79 Å². The lowest BCUT2D eigenvalue weighted by atomic mass is 9.95. The maximum absolute atomic E-state index is 13.7. The number of thiazole rings is 1. The van der Waals surface area contributed by atoms with E-state index in [1.807, 2.05) is 31.2 Å². The molecule has 0 saturated heterocycles. The Hall–Kier alpha value is -2.69. The summed E-state index contributed by atoms with van der Waals surface area (Å²) in [6.45, 7) is 5.99. The van der Waals surface area contributed by atoms with Crippen LogP contribution in [0.15, 0.2) is 66.4 Å². The smallest absolute Gasteiger partial charge is 0.338 e. The van der Waals surface area contributed by atoms with Crippen molar-refractivity contribution in [1.82, 2.24) is 4.57 Å². The van der Waals surface area contributed by atoms with Crippen molar-refractivity contribution in [1.29, 1.82) is 0 Å². The van der Waals surface area contributed by atoms with Crippen molar-refractivity contribution < 1.29 is 19.4 Å². The first-order valence-corrected chi connectivity index (χ1v) is 13.3. The lowest BCUT2D eigenvalue weighted by Crippen LogP contribution is -2.40. The summed E-state index contributed by atoms with van der Waals surface area (Å²) in [5, 5.41) is 10.0. The molecule has 0 saturated carbocycles. The third-order valence-corrected chi connectivity index (χ3v) is 7.56. The van der Waals surface area contributed by atoms with Crippen LogP contribution < -0.4 is 19.6 Å². The Kier molecular flexibility index (Phi) is 7.63. The summed E-state index contributed by atoms with van der Waals surface area (Å²) >= 11 is 7.88. The molecule has 1 aromatic heterocycles. The first-order valence-electron chi connectivity index (χ1n) is 10.9. The number of nitrogens with zero attached hydrogens (tertiary/aromatic N) is 2. The summed E-state index contributed by atoms with van der Waals surface area (Å²) in [5.74, 6) is 0.133. The number of allylic oxidation sites excluding steroid dienone is 1. The molecule has 0 radical (unpaired) electrons. The molecule has 1 atom stereocenters. The van der Waals surface area contributed by atoms with Crippen molar-refractivity contribution in [2.45, 2.75) is 26.8 Å². The van der Waals surface area contributed by atoms with E-state index in [2.05, 4.69) is 36.9 Å². The van der Waals surface area contributed by atoms with Gasteiger partial charge in [0, 0.05) is 5.56 Å². The highest BCUT2D eigenvalue weighted by molar-refractivity contribution is 9.11. The molecule has 0 spiro atoms. The van der Waals surface area contributed by atoms with Crippen molar-refractivity contribution in [3.63, 3.8) is 0 Å². The first-order chi connectivity index (χ1) is 16.8. The Labute approximate surface area is 222 Å². The number of carbonyl (C=O) groups is 1. The Morgan fingerprint density at radius 2 is 1.89 bits per heavy atom. The normalized spacial score (nSPS) is 15.6. The maximum Gasteiger partial charge on any atom is 0.338 e. The third kappa shape index (κ3) is 4.87. The molecule has 0 aliphatic carbocycles. The van der Waals surface area contributed by atoms with Gasteiger partial charge in [0.05, 0.1) is 38.0 Å². The fraction of sp³-hybridized carbons (Fsp3) is 0.240. The Morgan fingerprint density at radius 3 is 2.54 bits per heavy atom. The molecular weight excluding hydrogens is 600 g/mol. The summed E-state index contributed by atoms with van der Waals surface area (Å²) in [5.41, 5.74) is 1.88. The van der Waals surface area contributed by atoms with E-state index in [0.717, 1.165) is 0 Å². The molecule has 35 heavy (non-hydrogen) atoms. The van der Waals surface area contributed by atoms with E-state index in [0.29, 0.717) is 53.0 Å². The molecule has 0 fully saturated rings. The number of ether oxygens (including phenoxy) is 2. The van der Waals surface area contributed by atoms with Gasteiger partial charge in [-0.15, -0.1) is 0 Å². The zero-order valence-electron chi connectivity index (χ0n) is 19.2. The number of esters is 1. The SMILES string of the molecule is CCOC(=O)C1=C(C)N=c2s/c(=C\c3cc(Br)c(O)c(Br)c3)c(=O)n2[C@@H]1c1ccccc1OCC. The lowest BCUT2D eigenvalue weighted by molar-refractivity contribution is -0.139. The van der Waals surface area contributed by atoms with Crippen LogP contribution in [0.4, 0.5) is 0 Å². The standard InChI is InChI=1S/C25H22Br2N2O5S/c1-4-33-18-9-7-6-8-15(18)21-20(24(32)34-5-2)13(3)28-25-29(21)23(31)19(35-25)12-14-10-16(26)22(30)17(27)11-14/h6-12,21,30H,4-5H2,1-3H3/b19-12-/t21-/m1/s1. The van der Waals surface area contributed by atoms with Gasteiger partial charge in [-0.3, -0.25) is 9.36 Å². The Morgan fingerprint density at radius 1 is 1.20 bits per heavy atom. The molecule has 2 heterocycles.